The van der Waals surface area contributed by atoms with Crippen LogP contribution >= 0.6 is 23.2 Å². The molecule has 0 saturated carbocycles. The van der Waals surface area contributed by atoms with Crippen molar-refractivity contribution < 1.29 is 13.2 Å². The van der Waals surface area contributed by atoms with E-state index in [1.807, 2.05) is 6.07 Å². The van der Waals surface area contributed by atoms with Crippen molar-refractivity contribution in [1.82, 2.24) is 14.2 Å². The van der Waals surface area contributed by atoms with E-state index in [2.05, 4.69) is 4.72 Å². The zero-order valence-corrected chi connectivity index (χ0v) is 16.7. The summed E-state index contributed by atoms with van der Waals surface area (Å²) in [5, 5.41) is 0.917. The van der Waals surface area contributed by atoms with Gasteiger partial charge >= 0.3 is 0 Å². The molecule has 0 spiro atoms. The van der Waals surface area contributed by atoms with Crippen molar-refractivity contribution in [2.24, 2.45) is 7.05 Å². The first kappa shape index (κ1) is 19.2. The van der Waals surface area contributed by atoms with Crippen LogP contribution in [0.5, 0.6) is 0 Å². The van der Waals surface area contributed by atoms with E-state index in [1.54, 1.807) is 24.1 Å². The Labute approximate surface area is 162 Å². The maximum Gasteiger partial charge on any atom is 0.271 e. The first-order valence-corrected chi connectivity index (χ1v) is 10.3. The average Bonchev–Trinajstić information content (AvgIpc) is 3.24. The summed E-state index contributed by atoms with van der Waals surface area (Å²) in [6.45, 7) is 0.600. The van der Waals surface area contributed by atoms with Crippen LogP contribution in [-0.4, -0.2) is 37.4 Å². The van der Waals surface area contributed by atoms with Crippen molar-refractivity contribution in [1.29, 1.82) is 0 Å². The highest BCUT2D eigenvalue weighted by atomic mass is 35.5. The minimum Gasteiger partial charge on any atom is -0.345 e. The van der Waals surface area contributed by atoms with Crippen molar-refractivity contribution >= 4 is 39.1 Å². The van der Waals surface area contributed by atoms with Gasteiger partial charge in [-0.2, -0.15) is 0 Å². The van der Waals surface area contributed by atoms with Gasteiger partial charge in [0.25, 0.3) is 5.91 Å². The number of carbonyl (C=O) groups is 1. The number of aryl methyl sites for hydroxylation is 1. The number of hydrogen-bond donors (Lipinski definition) is 1. The lowest BCUT2D eigenvalue weighted by Gasteiger charge is -2.25. The maximum absolute atomic E-state index is 13.1. The second kappa shape index (κ2) is 7.23. The Hall–Kier alpha value is -1.54. The van der Waals surface area contributed by atoms with E-state index in [-0.39, 0.29) is 16.8 Å². The van der Waals surface area contributed by atoms with Crippen LogP contribution in [0.2, 0.25) is 10.0 Å². The Balaban J connectivity index is 1.93. The lowest BCUT2D eigenvalue weighted by molar-refractivity contribution is 0.0726. The predicted molar refractivity (Wildman–Crippen MR) is 101 cm³/mol. The molecule has 0 aliphatic carbocycles. The molecule has 1 saturated heterocycles. The monoisotopic (exact) mass is 415 g/mol. The Morgan fingerprint density at radius 3 is 2.62 bits per heavy atom. The van der Waals surface area contributed by atoms with Gasteiger partial charge < -0.3 is 9.47 Å². The van der Waals surface area contributed by atoms with Crippen LogP contribution in [0.25, 0.3) is 0 Å². The van der Waals surface area contributed by atoms with Crippen molar-refractivity contribution in [3.63, 3.8) is 0 Å². The first-order valence-electron chi connectivity index (χ1n) is 8.10. The third-order valence-electron chi connectivity index (χ3n) is 4.62. The maximum atomic E-state index is 13.1. The fourth-order valence-electron chi connectivity index (χ4n) is 3.23. The van der Waals surface area contributed by atoms with E-state index in [4.69, 9.17) is 23.2 Å². The third kappa shape index (κ3) is 3.49. The molecule has 1 aromatic heterocycles. The second-order valence-corrected chi connectivity index (χ2v) is 8.91. The fraction of sp³-hybridized carbons (Fsp3) is 0.353. The Morgan fingerprint density at radius 2 is 1.96 bits per heavy atom. The molecule has 26 heavy (non-hydrogen) atoms. The number of halogens is 2. The summed E-state index contributed by atoms with van der Waals surface area (Å²) in [6, 6.07) is 6.66. The van der Waals surface area contributed by atoms with Gasteiger partial charge in [0.05, 0.1) is 16.1 Å². The number of hydrogen-bond acceptors (Lipinski definition) is 3. The SMILES string of the molecule is CNS(=O)(=O)c1cc(C(=O)N2CCCC2c2ccc(Cl)c(Cl)c2)n(C)c1. The van der Waals surface area contributed by atoms with Crippen molar-refractivity contribution in [2.75, 3.05) is 13.6 Å². The lowest BCUT2D eigenvalue weighted by atomic mass is 10.0. The lowest BCUT2D eigenvalue weighted by Crippen LogP contribution is -2.31. The molecule has 1 amide bonds. The van der Waals surface area contributed by atoms with Gasteiger partial charge in [-0.25, -0.2) is 13.1 Å². The molecule has 2 heterocycles. The minimum absolute atomic E-state index is 0.0659. The Kier molecular flexibility index (Phi) is 5.35. The number of likely N-dealkylation sites (tertiary alicyclic amines) is 1. The first-order chi connectivity index (χ1) is 12.2. The summed E-state index contributed by atoms with van der Waals surface area (Å²) in [5.41, 5.74) is 1.24. The molecular weight excluding hydrogens is 397 g/mol. The number of aromatic nitrogens is 1. The van der Waals surface area contributed by atoms with Gasteiger partial charge in [-0.3, -0.25) is 4.79 Å². The van der Waals surface area contributed by atoms with Gasteiger partial charge in [-0.05, 0) is 43.7 Å². The summed E-state index contributed by atoms with van der Waals surface area (Å²) >= 11 is 12.1. The van der Waals surface area contributed by atoms with Crippen LogP contribution in [0.3, 0.4) is 0 Å². The van der Waals surface area contributed by atoms with Crippen LogP contribution in [0, 0.1) is 0 Å². The summed E-state index contributed by atoms with van der Waals surface area (Å²) in [7, 11) is -0.610. The van der Waals surface area contributed by atoms with Gasteiger partial charge in [0.15, 0.2) is 0 Å². The van der Waals surface area contributed by atoms with Crippen LogP contribution in [-0.2, 0) is 17.1 Å². The molecule has 1 aliphatic heterocycles. The van der Waals surface area contributed by atoms with Crippen LogP contribution in [0.15, 0.2) is 35.4 Å². The normalized spacial score (nSPS) is 17.7. The van der Waals surface area contributed by atoms with E-state index in [0.29, 0.717) is 22.3 Å². The van der Waals surface area contributed by atoms with Gasteiger partial charge in [0.1, 0.15) is 10.6 Å². The summed E-state index contributed by atoms with van der Waals surface area (Å²) in [5.74, 6) is -0.210. The molecule has 1 atom stereocenters. The molecule has 140 valence electrons. The predicted octanol–water partition coefficient (Wildman–Crippen LogP) is 3.22. The molecule has 9 heteroatoms. The smallest absolute Gasteiger partial charge is 0.271 e. The number of nitrogens with zero attached hydrogens (tertiary/aromatic N) is 2. The van der Waals surface area contributed by atoms with E-state index in [1.165, 1.54) is 23.9 Å². The van der Waals surface area contributed by atoms with Crippen molar-refractivity contribution in [3.8, 4) is 0 Å². The number of nitrogens with one attached hydrogen (secondary N) is 1. The standard InChI is InChI=1S/C17H19Cl2N3O3S/c1-20-26(24,25)12-9-16(21(2)10-12)17(23)22-7-3-4-15(22)11-5-6-13(18)14(19)8-11/h5-6,8-10,15,20H,3-4,7H2,1-2H3. The van der Waals surface area contributed by atoms with Crippen LogP contribution < -0.4 is 4.72 Å². The van der Waals surface area contributed by atoms with Crippen molar-refractivity contribution in [2.45, 2.75) is 23.8 Å². The second-order valence-electron chi connectivity index (χ2n) is 6.21. The largest absolute Gasteiger partial charge is 0.345 e. The Morgan fingerprint density at radius 1 is 1.23 bits per heavy atom. The van der Waals surface area contributed by atoms with E-state index >= 15 is 0 Å². The molecule has 1 N–H and O–H groups in total. The van der Waals surface area contributed by atoms with E-state index < -0.39 is 10.0 Å². The molecule has 0 bridgehead atoms. The molecule has 1 aliphatic rings. The number of carbonyl (C=O) groups excluding carboxylic acids is 1. The van der Waals surface area contributed by atoms with Gasteiger partial charge in [0.2, 0.25) is 10.0 Å². The number of sulfonamides is 1. The molecule has 1 fully saturated rings. The molecule has 0 radical (unpaired) electrons. The zero-order valence-electron chi connectivity index (χ0n) is 14.4. The van der Waals surface area contributed by atoms with Crippen molar-refractivity contribution in [3.05, 3.63) is 51.8 Å². The quantitative estimate of drug-likeness (QED) is 0.832. The zero-order chi connectivity index (χ0) is 19.1. The van der Waals surface area contributed by atoms with Gasteiger partial charge in [0, 0.05) is 19.8 Å². The highest BCUT2D eigenvalue weighted by Crippen LogP contribution is 2.36. The number of rotatable bonds is 4. The highest BCUT2D eigenvalue weighted by molar-refractivity contribution is 7.89. The molecule has 1 unspecified atom stereocenters. The van der Waals surface area contributed by atoms with E-state index in [9.17, 15) is 13.2 Å². The third-order valence-corrected chi connectivity index (χ3v) is 6.74. The molecule has 6 nitrogen and oxygen atoms in total. The summed E-state index contributed by atoms with van der Waals surface area (Å²) < 4.78 is 27.8. The Bertz CT molecular complexity index is 956. The van der Waals surface area contributed by atoms with E-state index in [0.717, 1.165) is 18.4 Å². The molecular formula is C17H19Cl2N3O3S. The fourth-order valence-corrected chi connectivity index (χ4v) is 4.34. The molecule has 2 aromatic rings. The minimum atomic E-state index is -3.61. The summed E-state index contributed by atoms with van der Waals surface area (Å²) in [4.78, 5) is 14.9. The average molecular weight is 416 g/mol. The molecule has 3 rings (SSSR count). The summed E-state index contributed by atoms with van der Waals surface area (Å²) in [6.07, 6.45) is 3.11. The number of benzene rings is 1. The van der Waals surface area contributed by atoms with Gasteiger partial charge in [-0.1, -0.05) is 29.3 Å². The molecule has 1 aromatic carbocycles. The highest BCUT2D eigenvalue weighted by Gasteiger charge is 2.32. The van der Waals surface area contributed by atoms with Crippen LogP contribution in [0.1, 0.15) is 34.9 Å². The topological polar surface area (TPSA) is 71.4 Å². The van der Waals surface area contributed by atoms with Crippen LogP contribution in [0.4, 0.5) is 0 Å². The number of amides is 1. The van der Waals surface area contributed by atoms with Gasteiger partial charge in [-0.15, -0.1) is 0 Å².